The zero-order valence-electron chi connectivity index (χ0n) is 29.1. The summed E-state index contributed by atoms with van der Waals surface area (Å²) in [7, 11) is -3.77. The molecule has 0 aliphatic carbocycles. The van der Waals surface area contributed by atoms with E-state index in [0.29, 0.717) is 15.8 Å². The van der Waals surface area contributed by atoms with Gasteiger partial charge in [0.15, 0.2) is 0 Å². The summed E-state index contributed by atoms with van der Waals surface area (Å²) in [5, 5.41) is 7.44. The van der Waals surface area contributed by atoms with Crippen LogP contribution in [0, 0.1) is 0 Å². The maximum atomic E-state index is 14.2. The predicted octanol–water partition coefficient (Wildman–Crippen LogP) is 9.81. The molecule has 0 aromatic heterocycles. The minimum absolute atomic E-state index is 0.201. The second kappa shape index (κ2) is 11.9. The van der Waals surface area contributed by atoms with Gasteiger partial charge in [-0.15, -0.1) is 0 Å². The van der Waals surface area contributed by atoms with Crippen LogP contribution in [0.15, 0.2) is 198 Å². The van der Waals surface area contributed by atoms with E-state index in [2.05, 4.69) is 109 Å². The average molecular weight is 684 g/mol. The summed E-state index contributed by atoms with van der Waals surface area (Å²) in [6.07, 6.45) is 0. The first-order valence-corrected chi connectivity index (χ1v) is 19.0. The van der Waals surface area contributed by atoms with Crippen LogP contribution in [0.4, 0.5) is 0 Å². The zero-order chi connectivity index (χ0) is 35.7. The third-order valence-corrected chi connectivity index (χ3v) is 12.5. The molecule has 1 heterocycles. The minimum atomic E-state index is -3.77. The second-order valence-corrected chi connectivity index (χ2v) is 15.5. The Morgan fingerprint density at radius 3 is 1.52 bits per heavy atom. The molecule has 244 valence electrons. The summed E-state index contributed by atoms with van der Waals surface area (Å²) in [5.74, 6) is 0. The molecule has 0 atom stereocenters. The molecule has 9 aromatic rings. The van der Waals surface area contributed by atoms with E-state index in [0.717, 1.165) is 49.8 Å². The third-order valence-electron chi connectivity index (χ3n) is 10.7. The van der Waals surface area contributed by atoms with Gasteiger partial charge >= 0.3 is 0 Å². The molecule has 0 spiro atoms. The third kappa shape index (κ3) is 4.83. The van der Waals surface area contributed by atoms with Crippen molar-refractivity contribution in [2.45, 2.75) is 9.79 Å². The fourth-order valence-corrected chi connectivity index (χ4v) is 9.98. The normalized spacial score (nSPS) is 13.5. The molecule has 10 rings (SSSR count). The Kier molecular flexibility index (Phi) is 6.77. The Morgan fingerprint density at radius 2 is 0.846 bits per heavy atom. The van der Waals surface area contributed by atoms with Crippen molar-refractivity contribution in [3.8, 4) is 33.4 Å². The van der Waals surface area contributed by atoms with E-state index in [4.69, 9.17) is 1.37 Å². The molecule has 0 amide bonds. The van der Waals surface area contributed by atoms with Crippen molar-refractivity contribution in [3.63, 3.8) is 0 Å². The highest BCUT2D eigenvalue weighted by Gasteiger charge is 2.38. The van der Waals surface area contributed by atoms with Crippen LogP contribution in [0.5, 0.6) is 0 Å². The average Bonchev–Trinajstić information content (AvgIpc) is 3.21. The zero-order valence-corrected chi connectivity index (χ0v) is 28.9. The molecule has 1 aliphatic heterocycles. The van der Waals surface area contributed by atoms with Crippen LogP contribution >= 0.6 is 0 Å². The van der Waals surface area contributed by atoms with Gasteiger partial charge in [-0.3, -0.25) is 0 Å². The van der Waals surface area contributed by atoms with Gasteiger partial charge in [-0.1, -0.05) is 163 Å². The summed E-state index contributed by atoms with van der Waals surface area (Å²) in [6, 6.07) is 61.7. The summed E-state index contributed by atoms with van der Waals surface area (Å²) < 4.78 is 37.1. The van der Waals surface area contributed by atoms with Crippen molar-refractivity contribution in [1.29, 1.82) is 0 Å². The fraction of sp³-hybridized carbons (Fsp3) is 0. The smallest absolute Gasteiger partial charge is 0.219 e. The number of hydrogen-bond donors (Lipinski definition) is 0. The van der Waals surface area contributed by atoms with Crippen LogP contribution < -0.4 is 16.4 Å². The largest absolute Gasteiger partial charge is 0.244 e. The van der Waals surface area contributed by atoms with Gasteiger partial charge < -0.3 is 0 Å². The molecule has 0 radical (unpaired) electrons. The number of rotatable bonds is 4. The maximum Gasteiger partial charge on any atom is 0.244 e. The molecule has 1 aliphatic rings. The van der Waals surface area contributed by atoms with Crippen LogP contribution in [0.1, 0.15) is 1.37 Å². The highest BCUT2D eigenvalue weighted by atomic mass is 32.2. The summed E-state index contributed by atoms with van der Waals surface area (Å²) in [4.78, 5) is 0.665. The predicted molar refractivity (Wildman–Crippen MR) is 218 cm³/mol. The highest BCUT2D eigenvalue weighted by molar-refractivity contribution is 7.92. The van der Waals surface area contributed by atoms with Gasteiger partial charge in [0, 0.05) is 0 Å². The molecular weight excluding hydrogens is 651 g/mol. The van der Waals surface area contributed by atoms with Gasteiger partial charge in [-0.05, 0) is 107 Å². The van der Waals surface area contributed by atoms with E-state index in [1.807, 2.05) is 54.6 Å². The van der Waals surface area contributed by atoms with E-state index < -0.39 is 9.84 Å². The number of sulfone groups is 1. The maximum absolute atomic E-state index is 14.2. The molecule has 0 unspecified atom stereocenters. The first kappa shape index (κ1) is 29.5. The van der Waals surface area contributed by atoms with E-state index >= 15 is 0 Å². The van der Waals surface area contributed by atoms with Gasteiger partial charge in [0.1, 0.15) is 0 Å². The van der Waals surface area contributed by atoms with Crippen LogP contribution in [-0.2, 0) is 9.84 Å². The van der Waals surface area contributed by atoms with Crippen LogP contribution in [0.2, 0.25) is 0 Å². The Labute approximate surface area is 305 Å². The van der Waals surface area contributed by atoms with Crippen molar-refractivity contribution in [3.05, 3.63) is 188 Å². The number of benzene rings is 9. The molecule has 9 aromatic carbocycles. The van der Waals surface area contributed by atoms with Gasteiger partial charge in [0.25, 0.3) is 0 Å². The summed E-state index contributed by atoms with van der Waals surface area (Å²) in [5.41, 5.74) is 8.27. The van der Waals surface area contributed by atoms with Crippen molar-refractivity contribution in [2.75, 3.05) is 0 Å². The molecule has 4 heteroatoms. The van der Waals surface area contributed by atoms with Gasteiger partial charge in [0.2, 0.25) is 16.6 Å². The van der Waals surface area contributed by atoms with Crippen molar-refractivity contribution in [1.82, 2.24) is 0 Å². The molecular formula is C48H31BO2S. The van der Waals surface area contributed by atoms with Crippen molar-refractivity contribution >= 4 is 65.3 Å². The van der Waals surface area contributed by atoms with E-state index in [1.165, 1.54) is 32.3 Å². The number of hydrogen-bond acceptors (Lipinski definition) is 2. The quantitative estimate of drug-likeness (QED) is 0.137. The lowest BCUT2D eigenvalue weighted by Crippen LogP contribution is -2.57. The summed E-state index contributed by atoms with van der Waals surface area (Å²) >= 11 is 0. The molecule has 0 bridgehead atoms. The lowest BCUT2D eigenvalue weighted by molar-refractivity contribution is 0.597. The molecule has 0 fully saturated rings. The topological polar surface area (TPSA) is 34.1 Å². The van der Waals surface area contributed by atoms with Gasteiger partial charge in [-0.2, -0.15) is 0 Å². The second-order valence-electron chi connectivity index (χ2n) is 13.6. The van der Waals surface area contributed by atoms with Crippen LogP contribution in [-0.4, -0.2) is 15.1 Å². The lowest BCUT2D eigenvalue weighted by Gasteiger charge is -2.27. The minimum Gasteiger partial charge on any atom is -0.219 e. The number of fused-ring (bicyclic) bond motifs is 8. The lowest BCUT2D eigenvalue weighted by atomic mass is 9.36. The van der Waals surface area contributed by atoms with E-state index in [1.54, 1.807) is 18.2 Å². The Balaban J connectivity index is 1.07. The van der Waals surface area contributed by atoms with Gasteiger partial charge in [0.05, 0.1) is 11.2 Å². The standard InChI is InChI=1S/C48H31BO2S/c50-52(51)47-23-9-8-22-45(47)49(38-16-2-1-3-17-38)46-27-25-37(31-48(46)52)35-15-11-13-33(29-35)32-12-10-14-34(28-32)36-24-26-43-41-20-5-4-18-39(41)40-19-6-7-21-42(40)44(43)30-36/h1-31H/i11D. The monoisotopic (exact) mass is 683 g/mol. The summed E-state index contributed by atoms with van der Waals surface area (Å²) in [6.45, 7) is -0.201. The highest BCUT2D eigenvalue weighted by Crippen LogP contribution is 2.38. The molecule has 2 nitrogen and oxygen atoms in total. The SMILES string of the molecule is [2H]c1cc(-c2cccc(-c3ccc4c5ccccc5c5ccccc5c4c3)c2)cc(-c2ccc3c(c2)S(=O)(=O)c2ccccc2B3c2ccccc2)c1. The van der Waals surface area contributed by atoms with Crippen molar-refractivity contribution in [2.24, 2.45) is 0 Å². The molecule has 0 saturated carbocycles. The first-order chi connectivity index (χ1) is 25.9. The molecule has 0 saturated heterocycles. The Bertz CT molecular complexity index is 3010. The fourth-order valence-electron chi connectivity index (χ4n) is 8.21. The van der Waals surface area contributed by atoms with Crippen molar-refractivity contribution < 1.29 is 9.79 Å². The van der Waals surface area contributed by atoms with Crippen LogP contribution in [0.3, 0.4) is 0 Å². The Hall–Kier alpha value is -6.23. The molecule has 0 N–H and O–H groups in total. The Morgan fingerprint density at radius 1 is 0.365 bits per heavy atom. The van der Waals surface area contributed by atoms with Gasteiger partial charge in [-0.25, -0.2) is 8.42 Å². The first-order valence-electron chi connectivity index (χ1n) is 18.0. The molecule has 52 heavy (non-hydrogen) atoms. The van der Waals surface area contributed by atoms with Crippen LogP contribution in [0.25, 0.3) is 65.7 Å². The van der Waals surface area contributed by atoms with E-state index in [-0.39, 0.29) is 6.71 Å². The van der Waals surface area contributed by atoms with E-state index in [9.17, 15) is 8.42 Å².